The molecule has 0 amide bonds. The lowest BCUT2D eigenvalue weighted by molar-refractivity contribution is -0.326. The number of carbonyl (C=O) groups is 10. The summed E-state index contributed by atoms with van der Waals surface area (Å²) in [5.74, 6) is -10.2. The number of hydrogen-bond acceptors (Lipinski definition) is 21. The van der Waals surface area contributed by atoms with E-state index in [-0.39, 0.29) is 149 Å². The maximum atomic E-state index is 14.0. The van der Waals surface area contributed by atoms with Crippen molar-refractivity contribution in [3.05, 3.63) is 121 Å². The zero-order chi connectivity index (χ0) is 95.1. The van der Waals surface area contributed by atoms with E-state index < -0.39 is 105 Å². The van der Waals surface area contributed by atoms with E-state index >= 15 is 0 Å². The van der Waals surface area contributed by atoms with Crippen molar-refractivity contribution >= 4 is 80.7 Å². The second kappa shape index (κ2) is 35.3. The Morgan fingerprint density at radius 2 is 0.657 bits per heavy atom. The van der Waals surface area contributed by atoms with E-state index in [1.807, 2.05) is 0 Å². The third-order valence-corrected chi connectivity index (χ3v) is 41.7. The molecule has 27 heteroatoms. The quantitative estimate of drug-likeness (QED) is 0.0261. The number of rotatable bonds is 20. The summed E-state index contributed by atoms with van der Waals surface area (Å²) >= 11 is 0. The van der Waals surface area contributed by atoms with Gasteiger partial charge < -0.3 is 52.1 Å². The highest BCUT2D eigenvalue weighted by molar-refractivity contribution is 7.97. The molecule has 3 aliphatic heterocycles. The van der Waals surface area contributed by atoms with Crippen LogP contribution in [0, 0.1) is 128 Å². The van der Waals surface area contributed by atoms with Crippen molar-refractivity contribution in [1.82, 2.24) is 0 Å². The van der Waals surface area contributed by atoms with E-state index in [0.29, 0.717) is 176 Å². The van der Waals surface area contributed by atoms with Crippen LogP contribution in [-0.4, -0.2) is 169 Å². The number of alkyl halides is 4. The largest absolute Gasteiger partial charge is 0.462 e. The Balaban J connectivity index is 0.000000118. The van der Waals surface area contributed by atoms with Gasteiger partial charge in [0.05, 0.1) is 34.9 Å². The van der Waals surface area contributed by atoms with Gasteiger partial charge in [-0.15, -0.1) is 0 Å². The fourth-order valence-corrected chi connectivity index (χ4v) is 36.4. The molecule has 16 atom stereocenters. The van der Waals surface area contributed by atoms with Crippen LogP contribution < -0.4 is 0 Å². The number of Topliss-reactive ketones (excluding diaryl/α,β-unsaturated/α-hetero) is 4. The molecule has 27 fully saturated rings. The first-order valence-electron chi connectivity index (χ1n) is 51.4. The fourth-order valence-electron chi connectivity index (χ4n) is 32.4. The van der Waals surface area contributed by atoms with Crippen LogP contribution in [0.1, 0.15) is 233 Å². The number of halogens is 4. The van der Waals surface area contributed by atoms with Crippen LogP contribution in [0.3, 0.4) is 0 Å². The van der Waals surface area contributed by atoms with Crippen molar-refractivity contribution in [2.24, 2.45) is 128 Å². The molecule has 0 aromatic heterocycles. The minimum Gasteiger partial charge on any atom is -0.462 e. The molecule has 24 bridgehead atoms. The first kappa shape index (κ1) is 94.5. The molecule has 31 rings (SSSR count). The van der Waals surface area contributed by atoms with E-state index in [2.05, 4.69) is 136 Å². The zero-order valence-electron chi connectivity index (χ0n) is 79.4. The minimum atomic E-state index is -3.60. The Labute approximate surface area is 805 Å². The van der Waals surface area contributed by atoms with Gasteiger partial charge in [-0.2, -0.15) is 17.6 Å². The van der Waals surface area contributed by atoms with E-state index in [0.717, 1.165) is 90.3 Å². The molecule has 24 saturated carbocycles. The normalized spacial score (nSPS) is 41.7. The average Bonchev–Trinajstić information content (AvgIpc) is 1.61. The fraction of sp³-hybridized carbons (Fsp3) is 0.691. The Bertz CT molecular complexity index is 4920. The monoisotopic (exact) mass is 1930 g/mol. The van der Waals surface area contributed by atoms with Gasteiger partial charge in [0, 0.05) is 83.9 Å². The predicted octanol–water partition coefficient (Wildman–Crippen LogP) is 18.0. The number of benzene rings is 4. The highest BCUT2D eigenvalue weighted by atomic mass is 32.2. The number of hydrogen-bond donors (Lipinski definition) is 0. The van der Waals surface area contributed by atoms with Crippen LogP contribution in [0.5, 0.6) is 0 Å². The van der Waals surface area contributed by atoms with E-state index in [1.165, 1.54) is 36.7 Å². The van der Waals surface area contributed by atoms with Crippen molar-refractivity contribution in [2.75, 3.05) is 51.1 Å². The maximum absolute atomic E-state index is 14.0. The van der Waals surface area contributed by atoms with Gasteiger partial charge in [-0.3, -0.25) is 38.4 Å². The van der Waals surface area contributed by atoms with Gasteiger partial charge in [0.1, 0.15) is 95.9 Å². The van der Waals surface area contributed by atoms with Gasteiger partial charge in [-0.25, -0.2) is 9.59 Å². The molecule has 0 radical (unpaired) electrons. The molecule has 0 N–H and O–H groups in total. The molecule has 4 aromatic rings. The Morgan fingerprint density at radius 1 is 0.358 bits per heavy atom. The Kier molecular flexibility index (Phi) is 24.3. The van der Waals surface area contributed by atoms with Crippen molar-refractivity contribution < 1.29 is 118 Å². The van der Waals surface area contributed by atoms with Gasteiger partial charge in [0.25, 0.3) is 0 Å². The summed E-state index contributed by atoms with van der Waals surface area (Å²) in [5.41, 5.74) is -3.93. The number of ketones is 4. The molecule has 4 aromatic carbocycles. The third-order valence-electron chi connectivity index (χ3n) is 37.2. The summed E-state index contributed by atoms with van der Waals surface area (Å²) in [6, 6.07) is 41.4. The first-order valence-corrected chi connectivity index (χ1v) is 54.2. The number of carbonyl (C=O) groups excluding carboxylic acids is 10. The lowest BCUT2D eigenvalue weighted by atomic mass is 9.49. The molecule has 2 spiro atoms. The smallest absolute Gasteiger partial charge is 0.377 e. The molecule has 24 aliphatic carbocycles. The van der Waals surface area contributed by atoms with E-state index in [9.17, 15) is 65.5 Å². The lowest BCUT2D eigenvalue weighted by Crippen LogP contribution is -2.65. The summed E-state index contributed by atoms with van der Waals surface area (Å²) < 4.78 is 124. The molecule has 137 heavy (non-hydrogen) atoms. The molecule has 3 heterocycles. The SMILES string of the molecule is CC(C)(C)c1ccc([S+]2CCOCC2)cc1.CC(F)(F)C(=O)OC12CC3CC(C1)C1(OC(COC(=O)C45CC6CC(C4)C(=O)C(C6)C5)C(COC(=O)C45CC6CC(CC(C6)C4=O)C5)O1)C(C3)C2.CC(F)(F)C(=O)OC12CC3CC(C1)C1(OC(COC(=O)C45CC6CC(C4)C(=O)C(C6)C5)C(COC(=O)C45CC6CC(CC(C6)C4=O)C5)O1)C(C3)C2.c1ccc([S+](c2ccccc2)c2ccccc2)cc1. The van der Waals surface area contributed by atoms with Gasteiger partial charge in [0.15, 0.2) is 42.7 Å². The summed E-state index contributed by atoms with van der Waals surface area (Å²) in [7, 11) is 0.417. The number of ether oxygens (including phenoxy) is 11. The molecule has 736 valence electrons. The van der Waals surface area contributed by atoms with Crippen molar-refractivity contribution in [3.8, 4) is 0 Å². The Hall–Kier alpha value is -7.40. The van der Waals surface area contributed by atoms with Crippen molar-refractivity contribution in [3.63, 3.8) is 0 Å². The predicted molar refractivity (Wildman–Crippen MR) is 492 cm³/mol. The lowest BCUT2D eigenvalue weighted by Gasteiger charge is -2.62. The molecule has 3 saturated heterocycles. The standard InChI is InChI=1S/2C39H48F2O10.C18H15S.C14H21OS/c2*1-35(40,41)32(44)51-37-10-22-7-26(15-37)39(27(8-22)16-37)49-28(17-47-33(45)36-9-21-5-24(13-36)30(42)25(6-21)14-36)29(50-39)18-48-34(46)38-11-19-2-20(12-38)4-23(3-19)31(38)43;1-4-10-16(11-5-1)19(17-12-6-2-7-13-17)18-14-8-3-9-15-18;1-14(2,3)12-4-6-13(7-5-12)16-10-8-15-9-11-16/h2*19-29H,2-18H2,1H3;1-15H;4-7H,8-11H2,1-3H3/q;;2*+1. The maximum Gasteiger partial charge on any atom is 0.377 e. The zero-order valence-corrected chi connectivity index (χ0v) is 81.1. The molecule has 27 aliphatic rings. The van der Waals surface area contributed by atoms with Crippen LogP contribution in [0.2, 0.25) is 0 Å². The average molecular weight is 1930 g/mol. The van der Waals surface area contributed by atoms with Crippen molar-refractivity contribution in [2.45, 2.75) is 311 Å². The molecular formula is C110H132F4O21S2+2. The van der Waals surface area contributed by atoms with E-state index in [4.69, 9.17) is 52.1 Å². The summed E-state index contributed by atoms with van der Waals surface area (Å²) in [5, 5.41) is 0. The van der Waals surface area contributed by atoms with Crippen LogP contribution in [0.15, 0.2) is 135 Å². The third kappa shape index (κ3) is 17.2. The topological polar surface area (TPSA) is 272 Å². The first-order chi connectivity index (χ1) is 65.4. The summed E-state index contributed by atoms with van der Waals surface area (Å²) in [6.07, 6.45) is 16.6. The molecular weight excluding hydrogens is 1800 g/mol. The molecule has 21 nitrogen and oxygen atoms in total. The van der Waals surface area contributed by atoms with Crippen LogP contribution in [0.25, 0.3) is 0 Å². The van der Waals surface area contributed by atoms with Gasteiger partial charge in [0.2, 0.25) is 0 Å². The summed E-state index contributed by atoms with van der Waals surface area (Å²) in [4.78, 5) is 139. The summed E-state index contributed by atoms with van der Waals surface area (Å²) in [6.45, 7) is 9.17. The van der Waals surface area contributed by atoms with Gasteiger partial charge >= 0.3 is 47.7 Å². The second-order valence-electron chi connectivity index (χ2n) is 47.6. The van der Waals surface area contributed by atoms with Gasteiger partial charge in [-0.05, 0) is 299 Å². The van der Waals surface area contributed by atoms with Gasteiger partial charge in [-0.1, -0.05) is 87.5 Å². The van der Waals surface area contributed by atoms with Crippen LogP contribution in [-0.2, 0) is 127 Å². The highest BCUT2D eigenvalue weighted by Crippen LogP contribution is 2.69. The second-order valence-corrected chi connectivity index (χ2v) is 51.9. The van der Waals surface area contributed by atoms with Crippen LogP contribution >= 0.6 is 0 Å². The van der Waals surface area contributed by atoms with Crippen LogP contribution in [0.4, 0.5) is 17.6 Å². The molecule has 16 unspecified atom stereocenters. The van der Waals surface area contributed by atoms with Crippen molar-refractivity contribution in [1.29, 1.82) is 0 Å². The highest BCUT2D eigenvalue weighted by Gasteiger charge is 2.74. The minimum absolute atomic E-state index is 0.0119. The van der Waals surface area contributed by atoms with E-state index in [1.54, 1.807) is 0 Å². The number of esters is 6. The Morgan fingerprint density at radius 3 is 0.971 bits per heavy atom.